The van der Waals surface area contributed by atoms with Gasteiger partial charge in [0.25, 0.3) is 0 Å². The van der Waals surface area contributed by atoms with Crippen molar-refractivity contribution in [3.63, 3.8) is 0 Å². The topological polar surface area (TPSA) is 86.9 Å². The van der Waals surface area contributed by atoms with Crippen molar-refractivity contribution in [3.8, 4) is 11.4 Å². The lowest BCUT2D eigenvalue weighted by atomic mass is 10.1. The first-order chi connectivity index (χ1) is 15.1. The zero-order valence-corrected chi connectivity index (χ0v) is 16.7. The maximum Gasteiger partial charge on any atom is 0.226 e. The maximum atomic E-state index is 13.5. The Hall–Kier alpha value is -4.00. The highest BCUT2D eigenvalue weighted by molar-refractivity contribution is 5.93. The molecule has 0 aliphatic carbocycles. The molecule has 3 N–H and O–H groups in total. The van der Waals surface area contributed by atoms with Gasteiger partial charge < -0.3 is 15.6 Å². The van der Waals surface area contributed by atoms with Gasteiger partial charge in [-0.1, -0.05) is 42.5 Å². The molecule has 0 bridgehead atoms. The summed E-state index contributed by atoms with van der Waals surface area (Å²) in [6.07, 6.45) is 0.447. The van der Waals surface area contributed by atoms with Gasteiger partial charge in [0.05, 0.1) is 17.5 Å². The largest absolute Gasteiger partial charge is 0.355 e. The number of imidazole rings is 1. The number of hydrogen-bond donors (Lipinski definition) is 3. The monoisotopic (exact) mass is 416 g/mol. The van der Waals surface area contributed by atoms with E-state index >= 15 is 0 Å². The number of benzene rings is 3. The lowest BCUT2D eigenvalue weighted by Crippen LogP contribution is -2.28. The van der Waals surface area contributed by atoms with Crippen molar-refractivity contribution in [2.45, 2.75) is 12.8 Å². The Kier molecular flexibility index (Phi) is 6.03. The van der Waals surface area contributed by atoms with Crippen LogP contribution in [-0.4, -0.2) is 28.3 Å². The SMILES string of the molecule is O=C(Cc1ccccc1)NCCC(=O)Nc1ccc2nc(-c3cccc(F)c3)[nH]c2c1. The number of anilines is 1. The first-order valence-corrected chi connectivity index (χ1v) is 9.93. The predicted molar refractivity (Wildman–Crippen MR) is 118 cm³/mol. The fraction of sp³-hybridized carbons (Fsp3) is 0.125. The maximum absolute atomic E-state index is 13.5. The lowest BCUT2D eigenvalue weighted by Gasteiger charge is -2.07. The van der Waals surface area contributed by atoms with E-state index < -0.39 is 0 Å². The van der Waals surface area contributed by atoms with Crippen molar-refractivity contribution < 1.29 is 14.0 Å². The number of H-pyrrole nitrogens is 1. The average molecular weight is 416 g/mol. The molecule has 31 heavy (non-hydrogen) atoms. The van der Waals surface area contributed by atoms with Crippen LogP contribution in [0.4, 0.5) is 10.1 Å². The summed E-state index contributed by atoms with van der Waals surface area (Å²) < 4.78 is 13.5. The number of carbonyl (C=O) groups excluding carboxylic acids is 2. The third-order valence-electron chi connectivity index (χ3n) is 4.75. The van der Waals surface area contributed by atoms with Gasteiger partial charge in [-0.05, 0) is 35.9 Å². The molecule has 4 aromatic rings. The molecule has 0 spiro atoms. The molecule has 6 nitrogen and oxygen atoms in total. The van der Waals surface area contributed by atoms with Gasteiger partial charge in [-0.25, -0.2) is 9.37 Å². The van der Waals surface area contributed by atoms with E-state index in [-0.39, 0.29) is 37.0 Å². The van der Waals surface area contributed by atoms with E-state index in [1.165, 1.54) is 12.1 Å². The summed E-state index contributed by atoms with van der Waals surface area (Å²) in [7, 11) is 0. The highest BCUT2D eigenvalue weighted by Crippen LogP contribution is 2.23. The molecule has 0 unspecified atom stereocenters. The highest BCUT2D eigenvalue weighted by Gasteiger charge is 2.09. The number of aromatic amines is 1. The number of nitrogens with zero attached hydrogens (tertiary/aromatic N) is 1. The van der Waals surface area contributed by atoms with Crippen LogP contribution in [0.25, 0.3) is 22.4 Å². The summed E-state index contributed by atoms with van der Waals surface area (Å²) >= 11 is 0. The number of amides is 2. The Morgan fingerprint density at radius 3 is 2.58 bits per heavy atom. The van der Waals surface area contributed by atoms with E-state index in [9.17, 15) is 14.0 Å². The summed E-state index contributed by atoms with van der Waals surface area (Å²) in [5, 5.41) is 5.57. The molecule has 0 saturated heterocycles. The molecular formula is C24H21FN4O2. The van der Waals surface area contributed by atoms with Crippen molar-refractivity contribution in [2.75, 3.05) is 11.9 Å². The molecule has 4 rings (SSSR count). The third kappa shape index (κ3) is 5.33. The Labute approximate surface area is 178 Å². The van der Waals surface area contributed by atoms with Crippen molar-refractivity contribution in [2.24, 2.45) is 0 Å². The van der Waals surface area contributed by atoms with Gasteiger partial charge in [0.2, 0.25) is 11.8 Å². The van der Waals surface area contributed by atoms with E-state index in [1.807, 2.05) is 30.3 Å². The number of hydrogen-bond acceptors (Lipinski definition) is 3. The molecule has 156 valence electrons. The van der Waals surface area contributed by atoms with Crippen molar-refractivity contribution in [3.05, 3.63) is 84.2 Å². The number of aromatic nitrogens is 2. The fourth-order valence-electron chi connectivity index (χ4n) is 3.24. The molecule has 0 saturated carbocycles. The molecule has 1 aromatic heterocycles. The first-order valence-electron chi connectivity index (χ1n) is 9.93. The summed E-state index contributed by atoms with van der Waals surface area (Å²) in [6.45, 7) is 0.257. The standard InChI is InChI=1S/C24H21FN4O2/c25-18-8-4-7-17(14-18)24-28-20-10-9-19(15-21(20)29-24)27-22(30)11-12-26-23(31)13-16-5-2-1-3-6-16/h1-10,14-15H,11-13H2,(H,26,31)(H,27,30)(H,28,29). The third-order valence-corrected chi connectivity index (χ3v) is 4.75. The smallest absolute Gasteiger partial charge is 0.226 e. The van der Waals surface area contributed by atoms with Gasteiger partial charge in [0.15, 0.2) is 0 Å². The Bertz CT molecular complexity index is 1220. The Morgan fingerprint density at radius 1 is 0.935 bits per heavy atom. The van der Waals surface area contributed by atoms with Crippen molar-refractivity contribution in [1.82, 2.24) is 15.3 Å². The molecule has 7 heteroatoms. The van der Waals surface area contributed by atoms with Crippen LogP contribution in [0.3, 0.4) is 0 Å². The number of rotatable bonds is 7. The zero-order chi connectivity index (χ0) is 21.6. The summed E-state index contributed by atoms with van der Waals surface area (Å²) in [4.78, 5) is 31.8. The minimum atomic E-state index is -0.332. The van der Waals surface area contributed by atoms with Crippen LogP contribution in [0.5, 0.6) is 0 Å². The second-order valence-corrected chi connectivity index (χ2v) is 7.14. The van der Waals surface area contributed by atoms with Crippen LogP contribution in [0.15, 0.2) is 72.8 Å². The van der Waals surface area contributed by atoms with Gasteiger partial charge in [0, 0.05) is 24.2 Å². The van der Waals surface area contributed by atoms with E-state index in [4.69, 9.17) is 0 Å². The number of halogens is 1. The molecule has 0 fully saturated rings. The van der Waals surface area contributed by atoms with E-state index in [0.29, 0.717) is 22.6 Å². The normalized spacial score (nSPS) is 10.7. The molecule has 3 aromatic carbocycles. The summed E-state index contributed by atoms with van der Waals surface area (Å²) in [5.74, 6) is -0.104. The highest BCUT2D eigenvalue weighted by atomic mass is 19.1. The molecule has 1 heterocycles. The Morgan fingerprint density at radius 2 is 1.77 bits per heavy atom. The van der Waals surface area contributed by atoms with Crippen LogP contribution < -0.4 is 10.6 Å². The quantitative estimate of drug-likeness (QED) is 0.425. The van der Waals surface area contributed by atoms with Gasteiger partial charge in [-0.15, -0.1) is 0 Å². The lowest BCUT2D eigenvalue weighted by molar-refractivity contribution is -0.120. The van der Waals surface area contributed by atoms with Crippen LogP contribution in [0.2, 0.25) is 0 Å². The van der Waals surface area contributed by atoms with Crippen LogP contribution in [0, 0.1) is 5.82 Å². The van der Waals surface area contributed by atoms with Gasteiger partial charge >= 0.3 is 0 Å². The Balaban J connectivity index is 1.31. The second-order valence-electron chi connectivity index (χ2n) is 7.14. The predicted octanol–water partition coefficient (Wildman–Crippen LogP) is 4.06. The molecule has 2 amide bonds. The van der Waals surface area contributed by atoms with Gasteiger partial charge in [0.1, 0.15) is 11.6 Å². The number of nitrogens with one attached hydrogen (secondary N) is 3. The minimum absolute atomic E-state index is 0.122. The van der Waals surface area contributed by atoms with Crippen molar-refractivity contribution >= 4 is 28.5 Å². The van der Waals surface area contributed by atoms with E-state index in [1.54, 1.807) is 30.3 Å². The summed E-state index contributed by atoms with van der Waals surface area (Å²) in [5.41, 5.74) is 3.63. The molecule has 0 aliphatic heterocycles. The van der Waals surface area contributed by atoms with Crippen LogP contribution >= 0.6 is 0 Å². The fourth-order valence-corrected chi connectivity index (χ4v) is 3.24. The number of fused-ring (bicyclic) bond motifs is 1. The summed E-state index contributed by atoms with van der Waals surface area (Å²) in [6, 6.07) is 20.9. The van der Waals surface area contributed by atoms with Crippen LogP contribution in [-0.2, 0) is 16.0 Å². The van der Waals surface area contributed by atoms with Gasteiger partial charge in [-0.3, -0.25) is 9.59 Å². The van der Waals surface area contributed by atoms with Crippen LogP contribution in [0.1, 0.15) is 12.0 Å². The van der Waals surface area contributed by atoms with Gasteiger partial charge in [-0.2, -0.15) is 0 Å². The first kappa shape index (κ1) is 20.3. The molecule has 0 radical (unpaired) electrons. The molecule has 0 aliphatic rings. The minimum Gasteiger partial charge on any atom is -0.355 e. The van der Waals surface area contributed by atoms with Crippen molar-refractivity contribution in [1.29, 1.82) is 0 Å². The number of carbonyl (C=O) groups is 2. The zero-order valence-electron chi connectivity index (χ0n) is 16.7. The van der Waals surface area contributed by atoms with E-state index in [2.05, 4.69) is 20.6 Å². The second kappa shape index (κ2) is 9.21. The van der Waals surface area contributed by atoms with E-state index in [0.717, 1.165) is 11.1 Å². The molecule has 0 atom stereocenters. The average Bonchev–Trinajstić information content (AvgIpc) is 3.18. The molecular weight excluding hydrogens is 395 g/mol.